The molecule has 12 heavy (non-hydrogen) atoms. The van der Waals surface area contributed by atoms with Gasteiger partial charge in [-0.15, -0.1) is 0 Å². The monoisotopic (exact) mass is 171 g/mol. The number of carbonyl (C=O) groups is 3. The van der Waals surface area contributed by atoms with Crippen LogP contribution in [0.5, 0.6) is 0 Å². The summed E-state index contributed by atoms with van der Waals surface area (Å²) in [6, 6.07) is -0.653. The Balaban J connectivity index is 4.14. The molecule has 0 aromatic heterocycles. The zero-order chi connectivity index (χ0) is 9.72. The molecule has 0 radical (unpaired) electrons. The lowest BCUT2D eigenvalue weighted by Crippen LogP contribution is -2.39. The van der Waals surface area contributed by atoms with Gasteiger partial charge in [-0.25, -0.2) is 0 Å². The van der Waals surface area contributed by atoms with Gasteiger partial charge in [0.25, 0.3) is 0 Å². The van der Waals surface area contributed by atoms with Crippen molar-refractivity contribution in [2.45, 2.75) is 33.2 Å². The van der Waals surface area contributed by atoms with Crippen LogP contribution in [0, 0.1) is 0 Å². The summed E-state index contributed by atoms with van der Waals surface area (Å²) < 4.78 is 0. The van der Waals surface area contributed by atoms with Crippen molar-refractivity contribution in [3.8, 4) is 0 Å². The fourth-order valence-corrected chi connectivity index (χ4v) is 0.829. The smallest absolute Gasteiger partial charge is 0.217 e. The minimum atomic E-state index is -0.653. The summed E-state index contributed by atoms with van der Waals surface area (Å²) in [6.07, 6.45) is 0.0783. The number of nitrogens with one attached hydrogen (secondary N) is 1. The first-order valence-electron chi connectivity index (χ1n) is 3.70. The van der Waals surface area contributed by atoms with Crippen molar-refractivity contribution in [2.75, 3.05) is 0 Å². The Labute approximate surface area is 71.3 Å². The van der Waals surface area contributed by atoms with E-state index in [1.54, 1.807) is 0 Å². The van der Waals surface area contributed by atoms with Crippen molar-refractivity contribution in [3.63, 3.8) is 0 Å². The highest BCUT2D eigenvalue weighted by Gasteiger charge is 2.16. The van der Waals surface area contributed by atoms with E-state index in [0.29, 0.717) is 0 Å². The van der Waals surface area contributed by atoms with Crippen molar-refractivity contribution in [1.82, 2.24) is 5.32 Å². The van der Waals surface area contributed by atoms with E-state index in [0.717, 1.165) is 0 Å². The second-order valence-electron chi connectivity index (χ2n) is 2.77. The van der Waals surface area contributed by atoms with Gasteiger partial charge in [0.15, 0.2) is 5.78 Å². The number of amides is 1. The first-order chi connectivity index (χ1) is 5.43. The average Bonchev–Trinajstić information content (AvgIpc) is 1.83. The number of Topliss-reactive ketones (excluding diaryl/α,β-unsaturated/α-hetero) is 2. The van der Waals surface area contributed by atoms with Crippen molar-refractivity contribution < 1.29 is 14.4 Å². The van der Waals surface area contributed by atoms with Gasteiger partial charge in [-0.2, -0.15) is 0 Å². The number of rotatable bonds is 4. The summed E-state index contributed by atoms with van der Waals surface area (Å²) in [4.78, 5) is 32.1. The molecule has 0 aliphatic rings. The van der Waals surface area contributed by atoms with Gasteiger partial charge in [0.05, 0.1) is 6.04 Å². The number of ketones is 2. The van der Waals surface area contributed by atoms with Gasteiger partial charge in [-0.3, -0.25) is 14.4 Å². The fraction of sp³-hybridized carbons (Fsp3) is 0.625. The molecule has 0 saturated carbocycles. The van der Waals surface area contributed by atoms with Crippen LogP contribution in [-0.2, 0) is 14.4 Å². The molecule has 0 spiro atoms. The molecular weight excluding hydrogens is 158 g/mol. The molecule has 4 nitrogen and oxygen atoms in total. The molecule has 0 aromatic carbocycles. The van der Waals surface area contributed by atoms with Crippen LogP contribution in [-0.4, -0.2) is 23.5 Å². The van der Waals surface area contributed by atoms with Crippen LogP contribution < -0.4 is 5.32 Å². The zero-order valence-corrected chi connectivity index (χ0v) is 7.51. The Hall–Kier alpha value is -1.19. The molecule has 0 rings (SSSR count). The SMILES string of the molecule is CC(=O)C[C@H](NC(C)=O)C(C)=O. The minimum absolute atomic E-state index is 0.0783. The molecule has 1 N–H and O–H groups in total. The molecular formula is C8H13NO3. The van der Waals surface area contributed by atoms with E-state index >= 15 is 0 Å². The number of hydrogen-bond acceptors (Lipinski definition) is 3. The van der Waals surface area contributed by atoms with E-state index in [-0.39, 0.29) is 23.9 Å². The second-order valence-corrected chi connectivity index (χ2v) is 2.77. The maximum absolute atomic E-state index is 10.8. The largest absolute Gasteiger partial charge is 0.346 e. The molecule has 0 unspecified atom stereocenters. The van der Waals surface area contributed by atoms with Gasteiger partial charge in [0.2, 0.25) is 5.91 Å². The number of carbonyl (C=O) groups excluding carboxylic acids is 3. The Morgan fingerprint density at radius 3 is 1.92 bits per heavy atom. The second kappa shape index (κ2) is 4.64. The summed E-state index contributed by atoms with van der Waals surface area (Å²) in [5.41, 5.74) is 0. The maximum Gasteiger partial charge on any atom is 0.217 e. The summed E-state index contributed by atoms with van der Waals surface area (Å²) in [7, 11) is 0. The van der Waals surface area contributed by atoms with Gasteiger partial charge in [0, 0.05) is 13.3 Å². The molecule has 1 atom stereocenters. The van der Waals surface area contributed by atoms with Gasteiger partial charge in [0.1, 0.15) is 5.78 Å². The van der Waals surface area contributed by atoms with Crippen LogP contribution in [0.25, 0.3) is 0 Å². The quantitative estimate of drug-likeness (QED) is 0.650. The van der Waals surface area contributed by atoms with E-state index < -0.39 is 6.04 Å². The van der Waals surface area contributed by atoms with Crippen LogP contribution in [0.2, 0.25) is 0 Å². The Morgan fingerprint density at radius 2 is 1.67 bits per heavy atom. The third-order valence-electron chi connectivity index (χ3n) is 1.36. The molecule has 0 fully saturated rings. The van der Waals surface area contributed by atoms with Crippen molar-refractivity contribution in [3.05, 3.63) is 0 Å². The predicted molar refractivity (Wildman–Crippen MR) is 43.6 cm³/mol. The van der Waals surface area contributed by atoms with Crippen LogP contribution in [0.4, 0.5) is 0 Å². The molecule has 1 amide bonds. The van der Waals surface area contributed by atoms with Crippen LogP contribution in [0.15, 0.2) is 0 Å². The predicted octanol–water partition coefficient (Wildman–Crippen LogP) is 0.0592. The minimum Gasteiger partial charge on any atom is -0.346 e. The highest BCUT2D eigenvalue weighted by atomic mass is 16.2. The van der Waals surface area contributed by atoms with Gasteiger partial charge in [-0.05, 0) is 13.8 Å². The Kier molecular flexibility index (Phi) is 4.18. The summed E-state index contributed by atoms with van der Waals surface area (Å²) >= 11 is 0. The van der Waals surface area contributed by atoms with Gasteiger partial charge < -0.3 is 5.32 Å². The average molecular weight is 171 g/mol. The van der Waals surface area contributed by atoms with Crippen molar-refractivity contribution >= 4 is 17.5 Å². The lowest BCUT2D eigenvalue weighted by molar-refractivity contribution is -0.127. The van der Waals surface area contributed by atoms with Gasteiger partial charge >= 0.3 is 0 Å². The first kappa shape index (κ1) is 10.8. The molecule has 0 aliphatic heterocycles. The number of hydrogen-bond donors (Lipinski definition) is 1. The Bertz CT molecular complexity index is 194. The highest BCUT2D eigenvalue weighted by molar-refractivity contribution is 5.91. The summed E-state index contributed by atoms with van der Waals surface area (Å²) in [5, 5.41) is 2.40. The van der Waals surface area contributed by atoms with E-state index in [1.807, 2.05) is 0 Å². The third kappa shape index (κ3) is 4.60. The normalized spacial score (nSPS) is 11.9. The zero-order valence-electron chi connectivity index (χ0n) is 7.51. The van der Waals surface area contributed by atoms with Crippen LogP contribution >= 0.6 is 0 Å². The lowest BCUT2D eigenvalue weighted by atomic mass is 10.1. The van der Waals surface area contributed by atoms with Crippen LogP contribution in [0.3, 0.4) is 0 Å². The lowest BCUT2D eigenvalue weighted by Gasteiger charge is -2.11. The van der Waals surface area contributed by atoms with E-state index in [9.17, 15) is 14.4 Å². The van der Waals surface area contributed by atoms with Gasteiger partial charge in [-0.1, -0.05) is 0 Å². The van der Waals surface area contributed by atoms with Crippen molar-refractivity contribution in [2.24, 2.45) is 0 Å². The van der Waals surface area contributed by atoms with E-state index in [2.05, 4.69) is 5.32 Å². The third-order valence-corrected chi connectivity index (χ3v) is 1.36. The van der Waals surface area contributed by atoms with Crippen molar-refractivity contribution in [1.29, 1.82) is 0 Å². The molecule has 0 aromatic rings. The fourth-order valence-electron chi connectivity index (χ4n) is 0.829. The molecule has 0 aliphatic carbocycles. The standard InChI is InChI=1S/C8H13NO3/c1-5(10)4-8(6(2)11)9-7(3)12/h8H,4H2,1-3H3,(H,9,12)/t8-/m0/s1. The summed E-state index contributed by atoms with van der Waals surface area (Å²) in [5.74, 6) is -0.596. The molecule has 0 heterocycles. The highest BCUT2D eigenvalue weighted by Crippen LogP contribution is 1.94. The summed E-state index contributed by atoms with van der Waals surface area (Å²) in [6.45, 7) is 4.05. The Morgan fingerprint density at radius 1 is 1.17 bits per heavy atom. The van der Waals surface area contributed by atoms with Crippen LogP contribution in [0.1, 0.15) is 27.2 Å². The molecule has 68 valence electrons. The van der Waals surface area contributed by atoms with E-state index in [4.69, 9.17) is 0 Å². The first-order valence-corrected chi connectivity index (χ1v) is 3.70. The molecule has 0 bridgehead atoms. The van der Waals surface area contributed by atoms with E-state index in [1.165, 1.54) is 20.8 Å². The molecule has 4 heteroatoms. The topological polar surface area (TPSA) is 63.2 Å². The molecule has 0 saturated heterocycles. The maximum atomic E-state index is 10.8.